The summed E-state index contributed by atoms with van der Waals surface area (Å²) in [7, 11) is 1.54. The molecular weight excluding hydrogens is 352 g/mol. The predicted molar refractivity (Wildman–Crippen MR) is 86.2 cm³/mol. The molecule has 22 heavy (non-hydrogen) atoms. The molecule has 1 aromatic rings. The first-order chi connectivity index (χ1) is 10.5. The quantitative estimate of drug-likeness (QED) is 0.759. The van der Waals surface area contributed by atoms with E-state index in [0.29, 0.717) is 37.1 Å². The van der Waals surface area contributed by atoms with E-state index in [4.69, 9.17) is 9.84 Å². The van der Waals surface area contributed by atoms with E-state index in [0.717, 1.165) is 4.47 Å². The summed E-state index contributed by atoms with van der Waals surface area (Å²) in [5.74, 6) is -0.457. The maximum atomic E-state index is 12.1. The van der Waals surface area contributed by atoms with Crippen LogP contribution in [0.4, 0.5) is 10.5 Å². The standard InChI is InChI=1S/C15H19BrN2O4/c1-22-13-7-4-10(16)8-12(13)18-15(21)17-11-5-2-9(3-6-11)14(19)20/h4,7-9,11H,2-3,5-6H2,1H3,(H,19,20)(H2,17,18,21). The maximum Gasteiger partial charge on any atom is 0.319 e. The lowest BCUT2D eigenvalue weighted by molar-refractivity contribution is -0.142. The van der Waals surface area contributed by atoms with E-state index < -0.39 is 5.97 Å². The number of carboxylic acids is 1. The monoisotopic (exact) mass is 370 g/mol. The second kappa shape index (κ2) is 7.49. The molecule has 1 aliphatic carbocycles. The van der Waals surface area contributed by atoms with Crippen LogP contribution in [0.1, 0.15) is 25.7 Å². The lowest BCUT2D eigenvalue weighted by atomic mass is 9.86. The number of benzene rings is 1. The normalized spacial score (nSPS) is 21.0. The van der Waals surface area contributed by atoms with Crippen molar-refractivity contribution in [2.45, 2.75) is 31.7 Å². The molecule has 0 unspecified atom stereocenters. The molecule has 1 aliphatic rings. The number of methoxy groups -OCH3 is 1. The SMILES string of the molecule is COc1ccc(Br)cc1NC(=O)NC1CCC(C(=O)O)CC1. The fourth-order valence-electron chi connectivity index (χ4n) is 2.61. The van der Waals surface area contributed by atoms with Gasteiger partial charge < -0.3 is 20.5 Å². The topological polar surface area (TPSA) is 87.7 Å². The van der Waals surface area contributed by atoms with E-state index in [9.17, 15) is 9.59 Å². The third kappa shape index (κ3) is 4.37. The van der Waals surface area contributed by atoms with Crippen molar-refractivity contribution in [3.8, 4) is 5.75 Å². The van der Waals surface area contributed by atoms with Gasteiger partial charge >= 0.3 is 12.0 Å². The Hall–Kier alpha value is -1.76. The van der Waals surface area contributed by atoms with Crippen molar-refractivity contribution >= 4 is 33.6 Å². The van der Waals surface area contributed by atoms with Crippen molar-refractivity contribution in [1.82, 2.24) is 5.32 Å². The molecule has 0 atom stereocenters. The Balaban J connectivity index is 1.89. The number of anilines is 1. The van der Waals surface area contributed by atoms with Crippen LogP contribution in [0, 0.1) is 5.92 Å². The Morgan fingerprint density at radius 2 is 1.95 bits per heavy atom. The van der Waals surface area contributed by atoms with Crippen molar-refractivity contribution in [2.24, 2.45) is 5.92 Å². The Morgan fingerprint density at radius 3 is 2.55 bits per heavy atom. The van der Waals surface area contributed by atoms with Crippen LogP contribution >= 0.6 is 15.9 Å². The molecule has 0 heterocycles. The van der Waals surface area contributed by atoms with Crippen LogP contribution in [-0.2, 0) is 4.79 Å². The molecule has 6 nitrogen and oxygen atoms in total. The van der Waals surface area contributed by atoms with Gasteiger partial charge in [0.1, 0.15) is 5.75 Å². The van der Waals surface area contributed by atoms with Gasteiger partial charge in [-0.05, 0) is 43.9 Å². The van der Waals surface area contributed by atoms with E-state index in [1.807, 2.05) is 6.07 Å². The molecule has 120 valence electrons. The van der Waals surface area contributed by atoms with E-state index in [-0.39, 0.29) is 18.0 Å². The first kappa shape index (κ1) is 16.6. The number of carbonyl (C=O) groups is 2. The minimum absolute atomic E-state index is 0.00810. The summed E-state index contributed by atoms with van der Waals surface area (Å²) in [4.78, 5) is 23.0. The average Bonchev–Trinajstić information content (AvgIpc) is 2.48. The average molecular weight is 371 g/mol. The zero-order chi connectivity index (χ0) is 16.1. The van der Waals surface area contributed by atoms with E-state index >= 15 is 0 Å². The van der Waals surface area contributed by atoms with E-state index in [2.05, 4.69) is 26.6 Å². The summed E-state index contributed by atoms with van der Waals surface area (Å²) < 4.78 is 6.04. The highest BCUT2D eigenvalue weighted by Gasteiger charge is 2.26. The number of amides is 2. The zero-order valence-corrected chi connectivity index (χ0v) is 13.9. The Kier molecular flexibility index (Phi) is 5.65. The third-order valence-corrected chi connectivity index (χ3v) is 4.31. The van der Waals surface area contributed by atoms with Gasteiger partial charge in [-0.2, -0.15) is 0 Å². The molecule has 0 bridgehead atoms. The Labute approximate surface area is 137 Å². The summed E-state index contributed by atoms with van der Waals surface area (Å²) in [6, 6.07) is 5.05. The minimum Gasteiger partial charge on any atom is -0.495 e. The molecule has 2 rings (SSSR count). The number of hydrogen-bond donors (Lipinski definition) is 3. The fourth-order valence-corrected chi connectivity index (χ4v) is 2.97. The van der Waals surface area contributed by atoms with Crippen LogP contribution < -0.4 is 15.4 Å². The molecule has 1 fully saturated rings. The van der Waals surface area contributed by atoms with Crippen molar-refractivity contribution in [3.05, 3.63) is 22.7 Å². The van der Waals surface area contributed by atoms with Gasteiger partial charge in [0.2, 0.25) is 0 Å². The Morgan fingerprint density at radius 1 is 1.27 bits per heavy atom. The fraction of sp³-hybridized carbons (Fsp3) is 0.467. The first-order valence-corrected chi connectivity index (χ1v) is 7.92. The second-order valence-corrected chi connectivity index (χ2v) is 6.25. The van der Waals surface area contributed by atoms with Gasteiger partial charge in [0.15, 0.2) is 0 Å². The lowest BCUT2D eigenvalue weighted by Crippen LogP contribution is -2.41. The smallest absolute Gasteiger partial charge is 0.319 e. The van der Waals surface area contributed by atoms with Gasteiger partial charge in [-0.1, -0.05) is 15.9 Å². The van der Waals surface area contributed by atoms with Crippen LogP contribution in [-0.4, -0.2) is 30.3 Å². The number of hydrogen-bond acceptors (Lipinski definition) is 3. The Bertz CT molecular complexity index is 556. The molecular formula is C15H19BrN2O4. The highest BCUT2D eigenvalue weighted by molar-refractivity contribution is 9.10. The van der Waals surface area contributed by atoms with Crippen molar-refractivity contribution in [1.29, 1.82) is 0 Å². The number of carboxylic acid groups (broad SMARTS) is 1. The van der Waals surface area contributed by atoms with Gasteiger partial charge in [0.05, 0.1) is 18.7 Å². The molecule has 0 aromatic heterocycles. The summed E-state index contributed by atoms with van der Waals surface area (Å²) in [6.07, 6.45) is 2.56. The number of nitrogens with one attached hydrogen (secondary N) is 2. The number of ether oxygens (including phenoxy) is 1. The third-order valence-electron chi connectivity index (χ3n) is 3.82. The molecule has 7 heteroatoms. The van der Waals surface area contributed by atoms with Gasteiger partial charge in [0.25, 0.3) is 0 Å². The molecule has 2 amide bonds. The summed E-state index contributed by atoms with van der Waals surface area (Å²) in [5.41, 5.74) is 0.577. The van der Waals surface area contributed by atoms with Crippen LogP contribution in [0.15, 0.2) is 22.7 Å². The predicted octanol–water partition coefficient (Wildman–Crippen LogP) is 3.22. The number of carbonyl (C=O) groups excluding carboxylic acids is 1. The number of urea groups is 1. The molecule has 0 spiro atoms. The number of rotatable bonds is 4. The van der Waals surface area contributed by atoms with Gasteiger partial charge in [-0.3, -0.25) is 4.79 Å². The van der Waals surface area contributed by atoms with Crippen LogP contribution in [0.3, 0.4) is 0 Å². The number of halogens is 1. The van der Waals surface area contributed by atoms with Gasteiger partial charge in [-0.15, -0.1) is 0 Å². The van der Waals surface area contributed by atoms with Gasteiger partial charge in [0, 0.05) is 10.5 Å². The van der Waals surface area contributed by atoms with Crippen LogP contribution in [0.2, 0.25) is 0 Å². The summed E-state index contributed by atoms with van der Waals surface area (Å²) >= 11 is 3.35. The van der Waals surface area contributed by atoms with Crippen LogP contribution in [0.5, 0.6) is 5.75 Å². The maximum absolute atomic E-state index is 12.1. The molecule has 1 saturated carbocycles. The summed E-state index contributed by atoms with van der Waals surface area (Å²) in [6.45, 7) is 0. The van der Waals surface area contributed by atoms with E-state index in [1.54, 1.807) is 19.2 Å². The number of aliphatic carboxylic acids is 1. The molecule has 1 aromatic carbocycles. The van der Waals surface area contributed by atoms with Crippen molar-refractivity contribution in [2.75, 3.05) is 12.4 Å². The molecule has 0 saturated heterocycles. The van der Waals surface area contributed by atoms with Crippen LogP contribution in [0.25, 0.3) is 0 Å². The largest absolute Gasteiger partial charge is 0.495 e. The minimum atomic E-state index is -0.748. The summed E-state index contributed by atoms with van der Waals surface area (Å²) in [5, 5.41) is 14.6. The first-order valence-electron chi connectivity index (χ1n) is 7.13. The molecule has 0 radical (unpaired) electrons. The highest BCUT2D eigenvalue weighted by atomic mass is 79.9. The van der Waals surface area contributed by atoms with Crippen molar-refractivity contribution in [3.63, 3.8) is 0 Å². The van der Waals surface area contributed by atoms with E-state index in [1.165, 1.54) is 0 Å². The van der Waals surface area contributed by atoms with Gasteiger partial charge in [-0.25, -0.2) is 4.79 Å². The second-order valence-electron chi connectivity index (χ2n) is 5.33. The zero-order valence-electron chi connectivity index (χ0n) is 12.3. The highest BCUT2D eigenvalue weighted by Crippen LogP contribution is 2.28. The molecule has 0 aliphatic heterocycles. The molecule has 3 N–H and O–H groups in total. The lowest BCUT2D eigenvalue weighted by Gasteiger charge is -2.27. The van der Waals surface area contributed by atoms with Crippen molar-refractivity contribution < 1.29 is 19.4 Å².